The molecule has 1 aliphatic heterocycles. The molecule has 1 aromatic carbocycles. The van der Waals surface area contributed by atoms with Crippen LogP contribution in [-0.2, 0) is 14.3 Å². The van der Waals surface area contributed by atoms with E-state index in [1.807, 2.05) is 0 Å². The molecule has 0 N–H and O–H groups in total. The first-order valence-electron chi connectivity index (χ1n) is 7.24. The molecule has 1 saturated heterocycles. The summed E-state index contributed by atoms with van der Waals surface area (Å²) in [6.07, 6.45) is -4.61. The third-order valence-electron chi connectivity index (χ3n) is 3.55. The van der Waals surface area contributed by atoms with Crippen molar-refractivity contribution >= 4 is 17.6 Å². The number of carbonyl (C=O) groups is 2. The lowest BCUT2D eigenvalue weighted by Crippen LogP contribution is -2.37. The molecule has 1 fully saturated rings. The number of ether oxygens (including phenoxy) is 2. The van der Waals surface area contributed by atoms with E-state index in [1.54, 1.807) is 11.0 Å². The average molecular weight is 346 g/mol. The third kappa shape index (κ3) is 5.04. The second-order valence-electron chi connectivity index (χ2n) is 5.17. The number of methoxy groups -OCH3 is 1. The Morgan fingerprint density at radius 1 is 1.25 bits per heavy atom. The van der Waals surface area contributed by atoms with Crippen molar-refractivity contribution in [1.82, 2.24) is 4.90 Å². The van der Waals surface area contributed by atoms with Crippen LogP contribution in [0, 0.1) is 0 Å². The van der Waals surface area contributed by atoms with Gasteiger partial charge in [-0.25, -0.2) is 0 Å². The highest BCUT2D eigenvalue weighted by Crippen LogP contribution is 2.27. The number of esters is 1. The number of hydrogen-bond acceptors (Lipinski definition) is 5. The van der Waals surface area contributed by atoms with Crippen molar-refractivity contribution in [1.29, 1.82) is 0 Å². The quantitative estimate of drug-likeness (QED) is 0.778. The van der Waals surface area contributed by atoms with Crippen LogP contribution in [0.5, 0.6) is 5.75 Å². The van der Waals surface area contributed by atoms with Crippen molar-refractivity contribution in [2.45, 2.75) is 12.8 Å². The van der Waals surface area contributed by atoms with E-state index in [2.05, 4.69) is 9.47 Å². The lowest BCUT2D eigenvalue weighted by Gasteiger charge is -2.23. The van der Waals surface area contributed by atoms with Crippen LogP contribution in [0.15, 0.2) is 24.3 Å². The van der Waals surface area contributed by atoms with Crippen molar-refractivity contribution in [2.24, 2.45) is 0 Å². The summed E-state index contributed by atoms with van der Waals surface area (Å²) >= 11 is 0. The maximum absolute atomic E-state index is 12.3. The molecule has 0 bridgehead atoms. The second kappa shape index (κ2) is 7.41. The number of carbonyl (C=O) groups excluding carboxylic acids is 2. The molecule has 0 saturated carbocycles. The number of halogens is 3. The summed E-state index contributed by atoms with van der Waals surface area (Å²) in [5.74, 6) is -1.04. The normalized spacial score (nSPS) is 15.9. The van der Waals surface area contributed by atoms with Gasteiger partial charge in [0.05, 0.1) is 7.11 Å². The molecule has 0 spiro atoms. The second-order valence-corrected chi connectivity index (χ2v) is 5.17. The molecule has 24 heavy (non-hydrogen) atoms. The maximum atomic E-state index is 12.3. The summed E-state index contributed by atoms with van der Waals surface area (Å²) in [7, 11) is 1.24. The predicted octanol–water partition coefficient (Wildman–Crippen LogP) is 1.80. The monoisotopic (exact) mass is 346 g/mol. The molecule has 0 unspecified atom stereocenters. The summed E-state index contributed by atoms with van der Waals surface area (Å²) in [6.45, 7) is 0.864. The molecule has 1 amide bonds. The summed E-state index contributed by atoms with van der Waals surface area (Å²) in [5, 5.41) is 0. The van der Waals surface area contributed by atoms with E-state index in [9.17, 15) is 22.8 Å². The lowest BCUT2D eigenvalue weighted by atomic mass is 10.2. The number of alkyl halides is 3. The highest BCUT2D eigenvalue weighted by atomic mass is 19.4. The fourth-order valence-corrected chi connectivity index (χ4v) is 2.39. The van der Waals surface area contributed by atoms with E-state index < -0.39 is 12.3 Å². The van der Waals surface area contributed by atoms with E-state index >= 15 is 0 Å². The Morgan fingerprint density at radius 2 is 2.00 bits per heavy atom. The van der Waals surface area contributed by atoms with Gasteiger partial charge in [-0.1, -0.05) is 6.07 Å². The Balaban J connectivity index is 2.07. The van der Waals surface area contributed by atoms with Gasteiger partial charge < -0.3 is 19.3 Å². The van der Waals surface area contributed by atoms with E-state index in [1.165, 1.54) is 30.2 Å². The Bertz CT molecular complexity index is 607. The highest BCUT2D eigenvalue weighted by Gasteiger charge is 2.31. The number of hydrogen-bond donors (Lipinski definition) is 0. The van der Waals surface area contributed by atoms with Crippen molar-refractivity contribution in [2.75, 3.05) is 38.2 Å². The van der Waals surface area contributed by atoms with Gasteiger partial charge >= 0.3 is 12.3 Å². The molecule has 1 aliphatic rings. The van der Waals surface area contributed by atoms with Crippen molar-refractivity contribution in [3.63, 3.8) is 0 Å². The van der Waals surface area contributed by atoms with Gasteiger partial charge in [-0.05, 0) is 12.1 Å². The SMILES string of the molecule is COC(=O)CN1CCN(c2cccc(OC(F)(F)F)c2)CCC1=O. The zero-order valence-corrected chi connectivity index (χ0v) is 13.0. The van der Waals surface area contributed by atoms with Crippen LogP contribution in [0.2, 0.25) is 0 Å². The fourth-order valence-electron chi connectivity index (χ4n) is 2.39. The van der Waals surface area contributed by atoms with Gasteiger partial charge in [0, 0.05) is 37.8 Å². The number of amides is 1. The van der Waals surface area contributed by atoms with Crippen LogP contribution in [0.1, 0.15) is 6.42 Å². The Kier molecular flexibility index (Phi) is 5.53. The minimum atomic E-state index is -4.76. The van der Waals surface area contributed by atoms with Gasteiger partial charge in [-0.3, -0.25) is 9.59 Å². The topological polar surface area (TPSA) is 59.1 Å². The molecule has 0 aromatic heterocycles. The van der Waals surface area contributed by atoms with E-state index in [0.29, 0.717) is 18.8 Å². The molecular formula is C15H17F3N2O4. The average Bonchev–Trinajstić information content (AvgIpc) is 2.68. The molecule has 2 rings (SSSR count). The highest BCUT2D eigenvalue weighted by molar-refractivity contribution is 5.82. The van der Waals surface area contributed by atoms with Crippen LogP contribution in [0.25, 0.3) is 0 Å². The molecule has 1 aromatic rings. The smallest absolute Gasteiger partial charge is 0.468 e. The molecular weight excluding hydrogens is 329 g/mol. The van der Waals surface area contributed by atoms with Gasteiger partial charge in [0.2, 0.25) is 5.91 Å². The standard InChI is InChI=1S/C15H17F3N2O4/c1-23-14(22)10-20-8-7-19(6-5-13(20)21)11-3-2-4-12(9-11)24-15(16,17)18/h2-4,9H,5-8,10H2,1H3. The summed E-state index contributed by atoms with van der Waals surface area (Å²) in [4.78, 5) is 26.5. The number of anilines is 1. The van der Waals surface area contributed by atoms with Crippen LogP contribution in [0.4, 0.5) is 18.9 Å². The third-order valence-corrected chi connectivity index (χ3v) is 3.55. The summed E-state index contributed by atoms with van der Waals surface area (Å²) in [5.41, 5.74) is 0.518. The molecule has 6 nitrogen and oxygen atoms in total. The van der Waals surface area contributed by atoms with Crippen molar-refractivity contribution in [3.8, 4) is 5.75 Å². The molecule has 132 valence electrons. The Hall–Kier alpha value is -2.45. The van der Waals surface area contributed by atoms with Crippen molar-refractivity contribution < 1.29 is 32.2 Å². The van der Waals surface area contributed by atoms with Crippen LogP contribution in [-0.4, -0.2) is 56.4 Å². The minimum absolute atomic E-state index is 0.138. The maximum Gasteiger partial charge on any atom is 0.573 e. The minimum Gasteiger partial charge on any atom is -0.468 e. The first-order valence-corrected chi connectivity index (χ1v) is 7.24. The molecule has 9 heteroatoms. The molecule has 0 radical (unpaired) electrons. The zero-order chi connectivity index (χ0) is 17.7. The molecule has 0 aliphatic carbocycles. The number of rotatable bonds is 4. The van der Waals surface area contributed by atoms with Gasteiger partial charge in [0.15, 0.2) is 0 Å². The largest absolute Gasteiger partial charge is 0.573 e. The predicted molar refractivity (Wildman–Crippen MR) is 78.6 cm³/mol. The summed E-state index contributed by atoms with van der Waals surface area (Å²) < 4.78 is 45.4. The van der Waals surface area contributed by atoms with Gasteiger partial charge in [0.1, 0.15) is 12.3 Å². The van der Waals surface area contributed by atoms with Crippen LogP contribution >= 0.6 is 0 Å². The van der Waals surface area contributed by atoms with E-state index in [-0.39, 0.29) is 31.2 Å². The van der Waals surface area contributed by atoms with Crippen LogP contribution < -0.4 is 9.64 Å². The Labute approximate surface area is 136 Å². The Morgan fingerprint density at radius 3 is 2.67 bits per heavy atom. The fraction of sp³-hybridized carbons (Fsp3) is 0.467. The molecule has 1 heterocycles. The summed E-state index contributed by atoms with van der Waals surface area (Å²) in [6, 6.07) is 5.58. The lowest BCUT2D eigenvalue weighted by molar-refractivity contribution is -0.274. The van der Waals surface area contributed by atoms with E-state index in [4.69, 9.17) is 0 Å². The number of nitrogens with zero attached hydrogens (tertiary/aromatic N) is 2. The van der Waals surface area contributed by atoms with Crippen LogP contribution in [0.3, 0.4) is 0 Å². The zero-order valence-electron chi connectivity index (χ0n) is 13.0. The van der Waals surface area contributed by atoms with Gasteiger partial charge in [-0.15, -0.1) is 13.2 Å². The van der Waals surface area contributed by atoms with Crippen molar-refractivity contribution in [3.05, 3.63) is 24.3 Å². The first-order chi connectivity index (χ1) is 11.3. The van der Waals surface area contributed by atoms with Gasteiger partial charge in [-0.2, -0.15) is 0 Å². The first kappa shape index (κ1) is 17.9. The van der Waals surface area contributed by atoms with E-state index in [0.717, 1.165) is 0 Å². The number of benzene rings is 1. The van der Waals surface area contributed by atoms with Gasteiger partial charge in [0.25, 0.3) is 0 Å². The molecule has 0 atom stereocenters.